The summed E-state index contributed by atoms with van der Waals surface area (Å²) < 4.78 is 0. The van der Waals surface area contributed by atoms with Crippen LogP contribution in [0.1, 0.15) is 38.5 Å². The van der Waals surface area contributed by atoms with Crippen molar-refractivity contribution in [3.63, 3.8) is 0 Å². The molecule has 0 bridgehead atoms. The second kappa shape index (κ2) is 15.2. The van der Waals surface area contributed by atoms with E-state index in [1.54, 1.807) is 0 Å². The van der Waals surface area contributed by atoms with Crippen LogP contribution in [-0.4, -0.2) is 0 Å². The molecule has 1 fully saturated rings. The summed E-state index contributed by atoms with van der Waals surface area (Å²) in [6.45, 7) is 0. The van der Waals surface area contributed by atoms with Gasteiger partial charge in [0, 0.05) is 0 Å². The molecule has 0 unspecified atom stereocenters. The van der Waals surface area contributed by atoms with E-state index in [2.05, 4.69) is 23.6 Å². The van der Waals surface area contributed by atoms with Gasteiger partial charge >= 0.3 is 10.8 Å². The summed E-state index contributed by atoms with van der Waals surface area (Å²) >= 11 is 28.1. The quantitative estimate of drug-likeness (QED) is 0.439. The molecular weight excluding hydrogens is 340 g/mol. The van der Waals surface area contributed by atoms with Gasteiger partial charge in [-0.1, -0.05) is 38.5 Å². The normalized spacial score (nSPS) is 14.0. The van der Waals surface area contributed by atoms with Gasteiger partial charge in [-0.2, -0.15) is 0 Å². The SMILES string of the molecule is C1CCCCC1.S=[P+](Cl)Cl.S=[P+](Cl)Cl. The first kappa shape index (κ1) is 18.6. The van der Waals surface area contributed by atoms with Crippen molar-refractivity contribution >= 4 is 79.4 Å². The number of hydrogen-bond acceptors (Lipinski definition) is 2. The van der Waals surface area contributed by atoms with Gasteiger partial charge in [0.05, 0.1) is 0 Å². The topological polar surface area (TPSA) is 0 Å². The van der Waals surface area contributed by atoms with E-state index in [1.807, 2.05) is 0 Å². The molecule has 0 heterocycles. The molecule has 8 heteroatoms. The Hall–Kier alpha value is 2.20. The Kier molecular flexibility index (Phi) is 20.2. The molecule has 1 aliphatic rings. The van der Waals surface area contributed by atoms with Crippen LogP contribution in [0.5, 0.6) is 0 Å². The van der Waals surface area contributed by atoms with Gasteiger partial charge < -0.3 is 0 Å². The molecule has 14 heavy (non-hydrogen) atoms. The lowest BCUT2D eigenvalue weighted by Gasteiger charge is -2.05. The van der Waals surface area contributed by atoms with Gasteiger partial charge in [-0.3, -0.25) is 0 Å². The third-order valence-electron chi connectivity index (χ3n) is 1.50. The number of rotatable bonds is 0. The minimum absolute atomic E-state index is 1.09. The van der Waals surface area contributed by atoms with Gasteiger partial charge in [0.2, 0.25) is 23.6 Å². The fourth-order valence-electron chi connectivity index (χ4n) is 1.06. The van der Waals surface area contributed by atoms with E-state index in [9.17, 15) is 0 Å². The lowest BCUT2D eigenvalue weighted by Crippen LogP contribution is -1.85. The van der Waals surface area contributed by atoms with Crippen LogP contribution in [0.2, 0.25) is 0 Å². The monoisotopic (exact) mass is 350 g/mol. The van der Waals surface area contributed by atoms with Crippen molar-refractivity contribution in [2.24, 2.45) is 0 Å². The van der Waals surface area contributed by atoms with Gasteiger partial charge in [0.25, 0.3) is 0 Å². The largest absolute Gasteiger partial charge is 0.407 e. The highest BCUT2D eigenvalue weighted by Crippen LogP contribution is 2.32. The molecule has 0 N–H and O–H groups in total. The third-order valence-corrected chi connectivity index (χ3v) is 1.50. The minimum Gasteiger partial charge on any atom is -0.0533 e. The second-order valence-electron chi connectivity index (χ2n) is 2.53. The van der Waals surface area contributed by atoms with Crippen LogP contribution in [-0.2, 0) is 23.6 Å². The molecule has 0 aliphatic heterocycles. The van der Waals surface area contributed by atoms with Crippen molar-refractivity contribution in [1.82, 2.24) is 0 Å². The van der Waals surface area contributed by atoms with E-state index in [1.165, 1.54) is 38.5 Å². The zero-order valence-electron chi connectivity index (χ0n) is 7.47. The fourth-order valence-corrected chi connectivity index (χ4v) is 1.06. The zero-order chi connectivity index (χ0) is 11.4. The van der Waals surface area contributed by atoms with E-state index >= 15 is 0 Å². The Morgan fingerprint density at radius 2 is 0.643 bits per heavy atom. The Labute approximate surface area is 117 Å². The van der Waals surface area contributed by atoms with Gasteiger partial charge in [-0.05, 0) is 0 Å². The van der Waals surface area contributed by atoms with Gasteiger partial charge in [0.15, 0.2) is 45.0 Å². The number of halogens is 4. The summed E-state index contributed by atoms with van der Waals surface area (Å²) in [6, 6.07) is 0. The molecule has 1 saturated carbocycles. The van der Waals surface area contributed by atoms with Gasteiger partial charge in [-0.25, -0.2) is 0 Å². The number of hydrogen-bond donors (Lipinski definition) is 0. The van der Waals surface area contributed by atoms with Crippen molar-refractivity contribution in [2.45, 2.75) is 38.5 Å². The molecule has 0 amide bonds. The lowest BCUT2D eigenvalue weighted by molar-refractivity contribution is 0.504. The Morgan fingerprint density at radius 1 is 0.571 bits per heavy atom. The van der Waals surface area contributed by atoms with Crippen molar-refractivity contribution in [1.29, 1.82) is 0 Å². The zero-order valence-corrected chi connectivity index (χ0v) is 13.9. The standard InChI is InChI=1S/C6H12.2Cl2PS/c1-2-4-6-5-3-1;2*1-3(2)4/h1-6H2;;/q;2*+1. The molecule has 0 aromatic rings. The minimum atomic E-state index is -1.09. The Bertz CT molecular complexity index is 132. The molecule has 0 aromatic carbocycles. The summed E-state index contributed by atoms with van der Waals surface area (Å²) in [5.74, 6) is 0. The fraction of sp³-hybridized carbons (Fsp3) is 1.00. The summed E-state index contributed by atoms with van der Waals surface area (Å²) in [6.07, 6.45) is 9.00. The van der Waals surface area contributed by atoms with Crippen molar-refractivity contribution in [2.75, 3.05) is 0 Å². The van der Waals surface area contributed by atoms with Crippen LogP contribution in [0.3, 0.4) is 0 Å². The highest BCUT2D eigenvalue weighted by atomic mass is 35.9. The molecule has 0 radical (unpaired) electrons. The molecule has 1 rings (SSSR count). The molecule has 0 spiro atoms. The van der Waals surface area contributed by atoms with Crippen LogP contribution in [0.4, 0.5) is 0 Å². The predicted molar refractivity (Wildman–Crippen MR) is 79.7 cm³/mol. The van der Waals surface area contributed by atoms with Crippen LogP contribution < -0.4 is 0 Å². The smallest absolute Gasteiger partial charge is 0.0533 e. The van der Waals surface area contributed by atoms with E-state index < -0.39 is 10.8 Å². The highest BCUT2D eigenvalue weighted by molar-refractivity contribution is 8.29. The summed E-state index contributed by atoms with van der Waals surface area (Å²) in [5, 5.41) is -2.19. The Morgan fingerprint density at radius 3 is 0.714 bits per heavy atom. The lowest BCUT2D eigenvalue weighted by atomic mass is 10.0. The van der Waals surface area contributed by atoms with Crippen molar-refractivity contribution < 1.29 is 0 Å². The molecule has 0 aromatic heterocycles. The summed E-state index contributed by atoms with van der Waals surface area (Å²) in [7, 11) is 0. The van der Waals surface area contributed by atoms with E-state index in [-0.39, 0.29) is 0 Å². The maximum atomic E-state index is 4.92. The van der Waals surface area contributed by atoms with Gasteiger partial charge in [-0.15, -0.1) is 0 Å². The van der Waals surface area contributed by atoms with Crippen LogP contribution in [0.15, 0.2) is 0 Å². The Balaban J connectivity index is 0. The molecule has 0 nitrogen and oxygen atoms in total. The van der Waals surface area contributed by atoms with E-state index in [4.69, 9.17) is 45.0 Å². The first-order chi connectivity index (χ1) is 6.46. The maximum Gasteiger partial charge on any atom is 0.407 e. The van der Waals surface area contributed by atoms with E-state index in [0.29, 0.717) is 0 Å². The third kappa shape index (κ3) is 36.8. The molecule has 0 atom stereocenters. The predicted octanol–water partition coefficient (Wildman–Crippen LogP) is 6.82. The molecule has 84 valence electrons. The summed E-state index contributed by atoms with van der Waals surface area (Å²) in [5.41, 5.74) is 0. The average molecular weight is 352 g/mol. The molecular formula is C6H12Cl4P2S2+2. The van der Waals surface area contributed by atoms with Gasteiger partial charge in [0.1, 0.15) is 0 Å². The average Bonchev–Trinajstić information content (AvgIpc) is 2.05. The molecule has 0 saturated heterocycles. The van der Waals surface area contributed by atoms with E-state index in [0.717, 1.165) is 0 Å². The first-order valence-corrected chi connectivity index (χ1v) is 12.4. The highest BCUT2D eigenvalue weighted by Gasteiger charge is 1.95. The van der Waals surface area contributed by atoms with Crippen LogP contribution in [0.25, 0.3) is 0 Å². The first-order valence-electron chi connectivity index (χ1n) is 4.04. The summed E-state index contributed by atoms with van der Waals surface area (Å²) in [4.78, 5) is 0. The van der Waals surface area contributed by atoms with Crippen molar-refractivity contribution in [3.05, 3.63) is 0 Å². The van der Waals surface area contributed by atoms with Crippen LogP contribution in [0, 0.1) is 0 Å². The maximum absolute atomic E-state index is 4.92. The second-order valence-corrected chi connectivity index (χ2v) is 13.0. The van der Waals surface area contributed by atoms with Crippen LogP contribution >= 0.6 is 55.8 Å². The van der Waals surface area contributed by atoms with Crippen molar-refractivity contribution in [3.8, 4) is 0 Å². The molecule has 1 aliphatic carbocycles.